The number of carbonyl (C=O) groups excluding carboxylic acids is 1. The molecule has 35 heavy (non-hydrogen) atoms. The second kappa shape index (κ2) is 8.90. The average molecular weight is 465 g/mol. The highest BCUT2D eigenvalue weighted by Gasteiger charge is 2.34. The summed E-state index contributed by atoms with van der Waals surface area (Å²) in [6.45, 7) is 5.71. The van der Waals surface area contributed by atoms with E-state index in [0.29, 0.717) is 28.4 Å². The molecule has 1 N–H and O–H groups in total. The number of nitrogens with zero attached hydrogens (tertiary/aromatic N) is 7. The van der Waals surface area contributed by atoms with Gasteiger partial charge >= 0.3 is 0 Å². The summed E-state index contributed by atoms with van der Waals surface area (Å²) in [4.78, 5) is 13.0. The summed E-state index contributed by atoms with van der Waals surface area (Å²) in [5.74, 6) is -0.184. The lowest BCUT2D eigenvalue weighted by molar-refractivity contribution is -0.266. The molecular formula is C25H21N8O2-. The normalized spacial score (nSPS) is 15.7. The third-order valence-electron chi connectivity index (χ3n) is 5.88. The first kappa shape index (κ1) is 22.1. The predicted molar refractivity (Wildman–Crippen MR) is 129 cm³/mol. The summed E-state index contributed by atoms with van der Waals surface area (Å²) in [5.41, 5.74) is 5.36. The van der Waals surface area contributed by atoms with Crippen LogP contribution in [0, 0.1) is 13.8 Å². The van der Waals surface area contributed by atoms with Gasteiger partial charge in [-0.05, 0) is 72.5 Å². The Hall–Kier alpha value is -4.73. The van der Waals surface area contributed by atoms with Crippen molar-refractivity contribution in [2.24, 2.45) is 15.3 Å². The van der Waals surface area contributed by atoms with Crippen molar-refractivity contribution in [2.75, 3.05) is 5.01 Å². The topological polar surface area (TPSA) is 135 Å². The van der Waals surface area contributed by atoms with E-state index in [0.717, 1.165) is 16.7 Å². The van der Waals surface area contributed by atoms with Crippen LogP contribution in [0.3, 0.4) is 0 Å². The van der Waals surface area contributed by atoms with Crippen LogP contribution in [0.4, 0.5) is 11.4 Å². The van der Waals surface area contributed by atoms with Gasteiger partial charge in [0.15, 0.2) is 6.04 Å². The molecule has 0 spiro atoms. The summed E-state index contributed by atoms with van der Waals surface area (Å²) < 4.78 is 0. The van der Waals surface area contributed by atoms with Crippen LogP contribution in [0.25, 0.3) is 22.5 Å². The molecule has 5 rings (SSSR count). The Morgan fingerprint density at radius 1 is 0.971 bits per heavy atom. The van der Waals surface area contributed by atoms with Crippen LogP contribution in [0.2, 0.25) is 0 Å². The molecular weight excluding hydrogens is 444 g/mol. The SMILES string of the molecule is CC1=NN(c2ccc(C)c(C)c2)C(=O)C1N=Nc1cccc(-c2cccc(-c3nn[nH]n3)c2)c1[O-]. The molecule has 1 aliphatic rings. The van der Waals surface area contributed by atoms with Gasteiger partial charge < -0.3 is 5.11 Å². The molecule has 1 aliphatic heterocycles. The minimum Gasteiger partial charge on any atom is -0.871 e. The minimum absolute atomic E-state index is 0.137. The van der Waals surface area contributed by atoms with Crippen molar-refractivity contribution in [1.29, 1.82) is 0 Å². The summed E-state index contributed by atoms with van der Waals surface area (Å²) in [7, 11) is 0. The third kappa shape index (κ3) is 4.17. The van der Waals surface area contributed by atoms with Crippen molar-refractivity contribution < 1.29 is 9.90 Å². The molecule has 3 aromatic carbocycles. The van der Waals surface area contributed by atoms with Crippen molar-refractivity contribution in [1.82, 2.24) is 20.6 Å². The molecule has 0 saturated carbocycles. The number of tetrazole rings is 1. The maximum Gasteiger partial charge on any atom is 0.280 e. The number of hydrazone groups is 1. The lowest BCUT2D eigenvalue weighted by Gasteiger charge is -2.16. The number of H-pyrrole nitrogens is 1. The Morgan fingerprint density at radius 3 is 2.54 bits per heavy atom. The predicted octanol–water partition coefficient (Wildman–Crippen LogP) is 4.10. The van der Waals surface area contributed by atoms with Gasteiger partial charge in [-0.3, -0.25) is 4.79 Å². The molecule has 2 heterocycles. The number of para-hydroxylation sites is 1. The Labute approximate surface area is 201 Å². The second-order valence-corrected chi connectivity index (χ2v) is 8.25. The van der Waals surface area contributed by atoms with E-state index in [1.54, 1.807) is 31.2 Å². The number of amides is 1. The Bertz CT molecular complexity index is 1480. The molecule has 0 aliphatic carbocycles. The number of aryl methyl sites for hydroxylation is 2. The van der Waals surface area contributed by atoms with Crippen molar-refractivity contribution in [3.63, 3.8) is 0 Å². The van der Waals surface area contributed by atoms with Gasteiger partial charge in [0.1, 0.15) is 0 Å². The maximum absolute atomic E-state index is 13.2. The van der Waals surface area contributed by atoms with E-state index in [9.17, 15) is 9.90 Å². The van der Waals surface area contributed by atoms with Crippen molar-refractivity contribution >= 4 is 23.0 Å². The van der Waals surface area contributed by atoms with E-state index in [2.05, 4.69) is 36.0 Å². The number of anilines is 1. The molecule has 1 atom stereocenters. The molecule has 10 nitrogen and oxygen atoms in total. The minimum atomic E-state index is -0.888. The first-order chi connectivity index (χ1) is 16.9. The van der Waals surface area contributed by atoms with Gasteiger partial charge in [0.05, 0.1) is 17.1 Å². The average Bonchev–Trinajstić information content (AvgIpc) is 3.49. The quantitative estimate of drug-likeness (QED) is 0.443. The van der Waals surface area contributed by atoms with Gasteiger partial charge in [-0.25, -0.2) is 0 Å². The molecule has 174 valence electrons. The fourth-order valence-electron chi connectivity index (χ4n) is 3.79. The zero-order valence-electron chi connectivity index (χ0n) is 19.3. The summed E-state index contributed by atoms with van der Waals surface area (Å²) >= 11 is 0. The summed E-state index contributed by atoms with van der Waals surface area (Å²) in [5, 5.41) is 41.2. The Kier molecular flexibility index (Phi) is 5.61. The number of hydrogen-bond donors (Lipinski definition) is 1. The molecule has 1 aromatic heterocycles. The van der Waals surface area contributed by atoms with Crippen molar-refractivity contribution in [2.45, 2.75) is 26.8 Å². The van der Waals surface area contributed by atoms with Crippen LogP contribution >= 0.6 is 0 Å². The lowest BCUT2D eigenvalue weighted by atomic mass is 10.0. The molecule has 0 radical (unpaired) electrons. The number of carbonyl (C=O) groups is 1. The fraction of sp³-hybridized carbons (Fsp3) is 0.160. The zero-order chi connectivity index (χ0) is 24.5. The van der Waals surface area contributed by atoms with E-state index >= 15 is 0 Å². The van der Waals surface area contributed by atoms with E-state index in [1.807, 2.05) is 50.2 Å². The van der Waals surface area contributed by atoms with Crippen molar-refractivity contribution in [3.05, 3.63) is 71.8 Å². The van der Waals surface area contributed by atoms with Crippen LogP contribution in [-0.4, -0.2) is 38.3 Å². The summed E-state index contributed by atoms with van der Waals surface area (Å²) in [6.07, 6.45) is 0. The largest absolute Gasteiger partial charge is 0.871 e. The smallest absolute Gasteiger partial charge is 0.280 e. The van der Waals surface area contributed by atoms with Crippen LogP contribution in [0.1, 0.15) is 18.1 Å². The number of nitrogens with one attached hydrogen (secondary N) is 1. The number of hydrogen-bond acceptors (Lipinski definition) is 8. The van der Waals surface area contributed by atoms with E-state index < -0.39 is 6.04 Å². The van der Waals surface area contributed by atoms with Gasteiger partial charge in [-0.1, -0.05) is 42.1 Å². The number of rotatable bonds is 5. The Balaban J connectivity index is 1.41. The molecule has 0 fully saturated rings. The molecule has 1 unspecified atom stereocenters. The first-order valence-electron chi connectivity index (χ1n) is 10.9. The van der Waals surface area contributed by atoms with Crippen LogP contribution in [-0.2, 0) is 4.79 Å². The van der Waals surface area contributed by atoms with E-state index in [1.165, 1.54) is 5.01 Å². The standard InChI is InChI=1S/C25H22N8O2/c1-14-10-11-19(12-15(14)2)33-25(35)22(16(3)30-33)27-26-21-9-5-8-20(23(21)34)17-6-4-7-18(13-17)24-28-31-32-29-24/h4-13,22,34H,1-3H3,(H,28,29,31,32)/p-1. The van der Waals surface area contributed by atoms with Gasteiger partial charge in [-0.2, -0.15) is 25.6 Å². The van der Waals surface area contributed by atoms with Crippen LogP contribution in [0.15, 0.2) is 76.0 Å². The van der Waals surface area contributed by atoms with Gasteiger partial charge in [0.2, 0.25) is 5.82 Å². The number of benzene rings is 3. The van der Waals surface area contributed by atoms with Crippen molar-refractivity contribution in [3.8, 4) is 28.3 Å². The first-order valence-corrected chi connectivity index (χ1v) is 10.9. The second-order valence-electron chi connectivity index (χ2n) is 8.25. The van der Waals surface area contributed by atoms with Crippen LogP contribution < -0.4 is 10.1 Å². The molecule has 0 saturated heterocycles. The van der Waals surface area contributed by atoms with Gasteiger partial charge in [0, 0.05) is 5.56 Å². The van der Waals surface area contributed by atoms with E-state index in [4.69, 9.17) is 0 Å². The van der Waals surface area contributed by atoms with Crippen LogP contribution in [0.5, 0.6) is 5.75 Å². The van der Waals surface area contributed by atoms with E-state index in [-0.39, 0.29) is 17.3 Å². The highest BCUT2D eigenvalue weighted by atomic mass is 16.3. The zero-order valence-corrected chi connectivity index (χ0v) is 19.3. The Morgan fingerprint density at radius 2 is 1.77 bits per heavy atom. The highest BCUT2D eigenvalue weighted by molar-refractivity contribution is 6.18. The number of aromatic amines is 1. The summed E-state index contributed by atoms with van der Waals surface area (Å²) in [6, 6.07) is 17.1. The molecule has 10 heteroatoms. The molecule has 0 bridgehead atoms. The molecule has 4 aromatic rings. The lowest BCUT2D eigenvalue weighted by Crippen LogP contribution is -2.29. The number of azo groups is 1. The molecule has 1 amide bonds. The third-order valence-corrected chi connectivity index (χ3v) is 5.88. The monoisotopic (exact) mass is 465 g/mol. The van der Waals surface area contributed by atoms with Gasteiger partial charge in [0.25, 0.3) is 5.91 Å². The number of aromatic nitrogens is 4. The highest BCUT2D eigenvalue weighted by Crippen LogP contribution is 2.36. The maximum atomic E-state index is 13.2. The van der Waals surface area contributed by atoms with Gasteiger partial charge in [-0.15, -0.1) is 10.2 Å². The fourth-order valence-corrected chi connectivity index (χ4v) is 3.79.